The fraction of sp³-hybridized carbons (Fsp3) is 0.522. The highest BCUT2D eigenvalue weighted by Gasteiger charge is 2.44. The Balaban J connectivity index is 1.46. The van der Waals surface area contributed by atoms with Gasteiger partial charge < -0.3 is 19.5 Å². The van der Waals surface area contributed by atoms with E-state index in [-0.39, 0.29) is 5.56 Å². The molecule has 2 aromatic rings. The maximum Gasteiger partial charge on any atom is 0.251 e. The van der Waals surface area contributed by atoms with Gasteiger partial charge in [0.05, 0.1) is 13.2 Å². The average Bonchev–Trinajstić information content (AvgIpc) is 3.32. The topological polar surface area (TPSA) is 48.6 Å². The Labute approximate surface area is 166 Å². The molecule has 2 aliphatic heterocycles. The van der Waals surface area contributed by atoms with Crippen LogP contribution in [0, 0.1) is 11.8 Å². The normalized spacial score (nSPS) is 27.2. The predicted molar refractivity (Wildman–Crippen MR) is 112 cm³/mol. The lowest BCUT2D eigenvalue weighted by atomic mass is 9.90. The van der Waals surface area contributed by atoms with E-state index in [0.29, 0.717) is 6.04 Å². The third kappa shape index (κ3) is 3.44. The third-order valence-corrected chi connectivity index (χ3v) is 6.83. The van der Waals surface area contributed by atoms with E-state index >= 15 is 0 Å². The summed E-state index contributed by atoms with van der Waals surface area (Å²) in [7, 11) is 0. The minimum absolute atomic E-state index is 0.00508. The van der Waals surface area contributed by atoms with Crippen molar-refractivity contribution in [2.75, 3.05) is 42.6 Å². The van der Waals surface area contributed by atoms with Crippen LogP contribution in [-0.4, -0.2) is 43.9 Å². The average molecular weight is 380 g/mol. The van der Waals surface area contributed by atoms with E-state index in [2.05, 4.69) is 51.2 Å². The molecule has 2 saturated heterocycles. The number of nitrogens with zero attached hydrogens (tertiary/aromatic N) is 2. The maximum atomic E-state index is 12.5. The molecule has 0 unspecified atom stereocenters. The largest absolute Gasteiger partial charge is 0.378 e. The van der Waals surface area contributed by atoms with Crippen LogP contribution in [0.15, 0.2) is 47.3 Å². The molecule has 0 radical (unpaired) electrons. The van der Waals surface area contributed by atoms with Gasteiger partial charge in [-0.1, -0.05) is 36.8 Å². The Hall–Kier alpha value is -2.27. The fourth-order valence-corrected chi connectivity index (χ4v) is 5.49. The molecule has 1 aromatic carbocycles. The number of fused-ring (bicyclic) bond motifs is 1. The molecule has 5 heteroatoms. The van der Waals surface area contributed by atoms with Crippen molar-refractivity contribution >= 4 is 11.5 Å². The molecule has 1 saturated carbocycles. The summed E-state index contributed by atoms with van der Waals surface area (Å²) in [5.74, 6) is 2.48. The van der Waals surface area contributed by atoms with Gasteiger partial charge in [0.2, 0.25) is 0 Å². The molecular formula is C23H29N3O2. The first-order valence-corrected chi connectivity index (χ1v) is 10.7. The first-order chi connectivity index (χ1) is 13.8. The van der Waals surface area contributed by atoms with Crippen LogP contribution in [0.4, 0.5) is 11.5 Å². The van der Waals surface area contributed by atoms with Crippen molar-refractivity contribution in [1.82, 2.24) is 4.98 Å². The molecule has 0 spiro atoms. The van der Waals surface area contributed by atoms with Crippen molar-refractivity contribution in [1.29, 1.82) is 0 Å². The lowest BCUT2D eigenvalue weighted by Gasteiger charge is -2.32. The number of hydrogen-bond acceptors (Lipinski definition) is 4. The summed E-state index contributed by atoms with van der Waals surface area (Å²) in [6, 6.07) is 15.2. The van der Waals surface area contributed by atoms with Crippen LogP contribution in [0.5, 0.6) is 0 Å². The van der Waals surface area contributed by atoms with E-state index in [9.17, 15) is 4.79 Å². The van der Waals surface area contributed by atoms with Gasteiger partial charge in [-0.3, -0.25) is 4.79 Å². The Kier molecular flexibility index (Phi) is 4.85. The molecule has 28 heavy (non-hydrogen) atoms. The minimum Gasteiger partial charge on any atom is -0.378 e. The molecule has 0 bridgehead atoms. The van der Waals surface area contributed by atoms with Crippen LogP contribution in [-0.2, 0) is 11.2 Å². The number of rotatable bonds is 4. The summed E-state index contributed by atoms with van der Waals surface area (Å²) in [5, 5.41) is 0. The molecule has 5 nitrogen and oxygen atoms in total. The monoisotopic (exact) mass is 379 g/mol. The van der Waals surface area contributed by atoms with Crippen LogP contribution in [0.1, 0.15) is 24.8 Å². The third-order valence-electron chi connectivity index (χ3n) is 6.83. The van der Waals surface area contributed by atoms with Gasteiger partial charge in [0.15, 0.2) is 0 Å². The lowest BCUT2D eigenvalue weighted by Crippen LogP contribution is -2.38. The summed E-state index contributed by atoms with van der Waals surface area (Å²) >= 11 is 0. The van der Waals surface area contributed by atoms with Crippen molar-refractivity contribution in [2.45, 2.75) is 31.7 Å². The molecule has 1 aliphatic carbocycles. The van der Waals surface area contributed by atoms with Crippen LogP contribution < -0.4 is 15.4 Å². The number of anilines is 2. The van der Waals surface area contributed by atoms with E-state index in [4.69, 9.17) is 4.74 Å². The number of pyridine rings is 1. The van der Waals surface area contributed by atoms with Gasteiger partial charge in [-0.25, -0.2) is 0 Å². The molecule has 0 amide bonds. The van der Waals surface area contributed by atoms with Gasteiger partial charge in [-0.15, -0.1) is 0 Å². The first-order valence-electron chi connectivity index (χ1n) is 10.7. The summed E-state index contributed by atoms with van der Waals surface area (Å²) in [6.45, 7) is 4.22. The molecule has 148 valence electrons. The smallest absolute Gasteiger partial charge is 0.251 e. The van der Waals surface area contributed by atoms with Crippen molar-refractivity contribution in [2.24, 2.45) is 11.8 Å². The number of morpholine rings is 1. The number of benzene rings is 1. The number of ether oxygens (including phenoxy) is 1. The molecule has 3 atom stereocenters. The lowest BCUT2D eigenvalue weighted by molar-refractivity contribution is 0.122. The van der Waals surface area contributed by atoms with Crippen LogP contribution in [0.25, 0.3) is 0 Å². The van der Waals surface area contributed by atoms with Crippen molar-refractivity contribution < 1.29 is 4.74 Å². The molecule has 3 aliphatic rings. The maximum absolute atomic E-state index is 12.5. The molecule has 3 heterocycles. The molecule has 3 fully saturated rings. The van der Waals surface area contributed by atoms with E-state index in [1.165, 1.54) is 24.8 Å². The molecule has 1 N–H and O–H groups in total. The first kappa shape index (κ1) is 17.8. The second kappa shape index (κ2) is 7.63. The summed E-state index contributed by atoms with van der Waals surface area (Å²) in [4.78, 5) is 20.4. The van der Waals surface area contributed by atoms with Crippen LogP contribution in [0.2, 0.25) is 0 Å². The highest BCUT2D eigenvalue weighted by atomic mass is 16.5. The van der Waals surface area contributed by atoms with E-state index in [1.54, 1.807) is 6.07 Å². The number of aromatic nitrogens is 1. The summed E-state index contributed by atoms with van der Waals surface area (Å²) in [5.41, 5.74) is 2.41. The highest BCUT2D eigenvalue weighted by Crippen LogP contribution is 2.44. The quantitative estimate of drug-likeness (QED) is 0.887. The zero-order valence-electron chi connectivity index (χ0n) is 16.3. The van der Waals surface area contributed by atoms with Crippen molar-refractivity contribution in [3.05, 3.63) is 58.4 Å². The van der Waals surface area contributed by atoms with Gasteiger partial charge in [0, 0.05) is 43.5 Å². The van der Waals surface area contributed by atoms with Crippen molar-refractivity contribution in [3.8, 4) is 0 Å². The van der Waals surface area contributed by atoms with E-state index < -0.39 is 0 Å². The highest BCUT2D eigenvalue weighted by molar-refractivity contribution is 5.56. The van der Waals surface area contributed by atoms with E-state index in [0.717, 1.165) is 62.6 Å². The van der Waals surface area contributed by atoms with Gasteiger partial charge in [-0.2, -0.15) is 0 Å². The molecule has 1 aromatic heterocycles. The van der Waals surface area contributed by atoms with Gasteiger partial charge in [0.25, 0.3) is 5.56 Å². The Bertz CT molecular complexity index is 860. The predicted octanol–water partition coefficient (Wildman–Crippen LogP) is 3.06. The molecular weight excluding hydrogens is 350 g/mol. The fourth-order valence-electron chi connectivity index (χ4n) is 5.49. The number of H-pyrrole nitrogens is 1. The Morgan fingerprint density at radius 2 is 1.89 bits per heavy atom. The minimum atomic E-state index is -0.00508. The van der Waals surface area contributed by atoms with Gasteiger partial charge in [0.1, 0.15) is 5.82 Å². The van der Waals surface area contributed by atoms with Crippen LogP contribution >= 0.6 is 0 Å². The SMILES string of the molecule is O=c1cc(N2CCOCC2)cc(N2C[C@H]3CCC[C@H]3[C@@H]2Cc2ccccc2)[nH]1. The summed E-state index contributed by atoms with van der Waals surface area (Å²) < 4.78 is 5.48. The second-order valence-corrected chi connectivity index (χ2v) is 8.45. The van der Waals surface area contributed by atoms with Gasteiger partial charge >= 0.3 is 0 Å². The Morgan fingerprint density at radius 1 is 1.07 bits per heavy atom. The number of aromatic amines is 1. The Morgan fingerprint density at radius 3 is 2.71 bits per heavy atom. The zero-order chi connectivity index (χ0) is 18.9. The van der Waals surface area contributed by atoms with Crippen LogP contribution in [0.3, 0.4) is 0 Å². The molecule has 5 rings (SSSR count). The number of nitrogens with one attached hydrogen (secondary N) is 1. The van der Waals surface area contributed by atoms with Gasteiger partial charge in [-0.05, 0) is 36.7 Å². The van der Waals surface area contributed by atoms with E-state index in [1.807, 2.05) is 0 Å². The standard InChI is InChI=1S/C23H29N3O2/c27-23-15-19(25-9-11-28-12-10-25)14-22(24-23)26-16-18-7-4-8-20(18)21(26)13-17-5-2-1-3-6-17/h1-3,5-6,14-15,18,20-21H,4,7-13,16H2,(H,24,27)/t18-,20-,21+/m1/s1. The van der Waals surface area contributed by atoms with Crippen molar-refractivity contribution in [3.63, 3.8) is 0 Å². The second-order valence-electron chi connectivity index (χ2n) is 8.45. The number of hydrogen-bond donors (Lipinski definition) is 1. The summed E-state index contributed by atoms with van der Waals surface area (Å²) in [6.07, 6.45) is 5.02. The zero-order valence-corrected chi connectivity index (χ0v) is 16.3.